The van der Waals surface area contributed by atoms with Gasteiger partial charge in [0.25, 0.3) is 0 Å². The SMILES string of the molecule is COCC1(C2CC2)CCNCC1c1ccccc1F. The minimum atomic E-state index is -0.0719. The van der Waals surface area contributed by atoms with Gasteiger partial charge in [0.2, 0.25) is 0 Å². The van der Waals surface area contributed by atoms with Crippen LogP contribution in [-0.2, 0) is 4.74 Å². The van der Waals surface area contributed by atoms with E-state index in [-0.39, 0.29) is 17.2 Å². The molecule has 2 atom stereocenters. The molecule has 0 radical (unpaired) electrons. The van der Waals surface area contributed by atoms with Gasteiger partial charge in [0.05, 0.1) is 6.61 Å². The van der Waals surface area contributed by atoms with Crippen molar-refractivity contribution >= 4 is 0 Å². The van der Waals surface area contributed by atoms with Gasteiger partial charge in [0, 0.05) is 25.0 Å². The van der Waals surface area contributed by atoms with E-state index in [1.54, 1.807) is 19.2 Å². The molecule has 3 heteroatoms. The second kappa shape index (κ2) is 5.22. The Morgan fingerprint density at radius 3 is 2.84 bits per heavy atom. The molecule has 0 spiro atoms. The molecule has 0 bridgehead atoms. The van der Waals surface area contributed by atoms with E-state index in [0.29, 0.717) is 5.92 Å². The van der Waals surface area contributed by atoms with E-state index >= 15 is 0 Å². The summed E-state index contributed by atoms with van der Waals surface area (Å²) in [7, 11) is 1.77. The van der Waals surface area contributed by atoms with E-state index in [4.69, 9.17) is 4.74 Å². The van der Waals surface area contributed by atoms with Gasteiger partial charge in [-0.2, -0.15) is 0 Å². The molecule has 1 N–H and O–H groups in total. The Kier molecular flexibility index (Phi) is 3.59. The number of rotatable bonds is 4. The Balaban J connectivity index is 1.98. The van der Waals surface area contributed by atoms with Crippen LogP contribution in [0.5, 0.6) is 0 Å². The number of methoxy groups -OCH3 is 1. The zero-order valence-electron chi connectivity index (χ0n) is 11.5. The summed E-state index contributed by atoms with van der Waals surface area (Å²) in [6, 6.07) is 7.23. The maximum atomic E-state index is 14.2. The monoisotopic (exact) mass is 263 g/mol. The largest absolute Gasteiger partial charge is 0.384 e. The quantitative estimate of drug-likeness (QED) is 0.902. The molecule has 1 aliphatic carbocycles. The van der Waals surface area contributed by atoms with Gasteiger partial charge in [0.1, 0.15) is 5.82 Å². The maximum absolute atomic E-state index is 14.2. The second-order valence-electron chi connectivity index (χ2n) is 5.97. The van der Waals surface area contributed by atoms with Crippen LogP contribution in [0.15, 0.2) is 24.3 Å². The number of hydrogen-bond donors (Lipinski definition) is 1. The first-order valence-electron chi connectivity index (χ1n) is 7.22. The topological polar surface area (TPSA) is 21.3 Å². The first-order valence-corrected chi connectivity index (χ1v) is 7.22. The van der Waals surface area contributed by atoms with E-state index in [2.05, 4.69) is 5.32 Å². The van der Waals surface area contributed by atoms with Crippen LogP contribution in [0, 0.1) is 17.2 Å². The summed E-state index contributed by atoms with van der Waals surface area (Å²) in [5, 5.41) is 3.43. The van der Waals surface area contributed by atoms with Crippen molar-refractivity contribution in [2.24, 2.45) is 11.3 Å². The van der Waals surface area contributed by atoms with E-state index in [0.717, 1.165) is 31.7 Å². The molecule has 1 heterocycles. The molecular weight excluding hydrogens is 241 g/mol. The highest BCUT2D eigenvalue weighted by Gasteiger charge is 2.52. The van der Waals surface area contributed by atoms with Crippen molar-refractivity contribution in [2.45, 2.75) is 25.2 Å². The van der Waals surface area contributed by atoms with Crippen LogP contribution in [0.1, 0.15) is 30.7 Å². The van der Waals surface area contributed by atoms with Crippen LogP contribution >= 0.6 is 0 Å². The third kappa shape index (κ3) is 2.30. The predicted molar refractivity (Wildman–Crippen MR) is 73.7 cm³/mol. The summed E-state index contributed by atoms with van der Waals surface area (Å²) >= 11 is 0. The third-order valence-electron chi connectivity index (χ3n) is 4.89. The highest BCUT2D eigenvalue weighted by Crippen LogP contribution is 2.56. The Bertz CT molecular complexity index is 442. The Hall–Kier alpha value is -0.930. The smallest absolute Gasteiger partial charge is 0.126 e. The average molecular weight is 263 g/mol. The van der Waals surface area contributed by atoms with Crippen molar-refractivity contribution in [3.8, 4) is 0 Å². The van der Waals surface area contributed by atoms with Crippen molar-refractivity contribution in [3.63, 3.8) is 0 Å². The summed E-state index contributed by atoms with van der Waals surface area (Å²) in [6.45, 7) is 2.63. The van der Waals surface area contributed by atoms with Crippen LogP contribution in [-0.4, -0.2) is 26.8 Å². The fourth-order valence-electron chi connectivity index (χ4n) is 3.83. The molecule has 1 saturated heterocycles. The third-order valence-corrected chi connectivity index (χ3v) is 4.89. The Morgan fingerprint density at radius 1 is 1.37 bits per heavy atom. The molecule has 2 fully saturated rings. The lowest BCUT2D eigenvalue weighted by Gasteiger charge is -2.45. The summed E-state index contributed by atoms with van der Waals surface area (Å²) in [5.74, 6) is 0.867. The van der Waals surface area contributed by atoms with Crippen molar-refractivity contribution in [1.82, 2.24) is 5.32 Å². The van der Waals surface area contributed by atoms with Gasteiger partial charge in [-0.25, -0.2) is 4.39 Å². The number of hydrogen-bond acceptors (Lipinski definition) is 2. The summed E-state index contributed by atoms with van der Waals surface area (Å²) in [4.78, 5) is 0. The highest BCUT2D eigenvalue weighted by molar-refractivity contribution is 5.27. The van der Waals surface area contributed by atoms with E-state index in [1.165, 1.54) is 12.8 Å². The van der Waals surface area contributed by atoms with Gasteiger partial charge >= 0.3 is 0 Å². The molecule has 1 aromatic rings. The molecule has 1 aromatic carbocycles. The molecule has 1 aliphatic heterocycles. The molecule has 104 valence electrons. The molecule has 0 amide bonds. The zero-order chi connectivity index (χ0) is 13.3. The van der Waals surface area contributed by atoms with E-state index < -0.39 is 0 Å². The molecular formula is C16H22FNO. The normalized spacial score (nSPS) is 31.4. The van der Waals surface area contributed by atoms with Gasteiger partial charge in [-0.15, -0.1) is 0 Å². The van der Waals surface area contributed by atoms with Crippen LogP contribution < -0.4 is 5.32 Å². The Morgan fingerprint density at radius 2 is 2.16 bits per heavy atom. The van der Waals surface area contributed by atoms with Gasteiger partial charge in [-0.3, -0.25) is 0 Å². The number of halogens is 1. The van der Waals surface area contributed by atoms with E-state index in [9.17, 15) is 4.39 Å². The minimum Gasteiger partial charge on any atom is -0.384 e. The summed E-state index contributed by atoms with van der Waals surface area (Å²) in [6.07, 6.45) is 3.63. The first kappa shape index (κ1) is 13.1. The molecule has 3 rings (SSSR count). The van der Waals surface area contributed by atoms with Crippen molar-refractivity contribution in [2.75, 3.05) is 26.8 Å². The first-order chi connectivity index (χ1) is 9.28. The van der Waals surface area contributed by atoms with Gasteiger partial charge in [-0.1, -0.05) is 18.2 Å². The molecule has 0 aromatic heterocycles. The molecule has 19 heavy (non-hydrogen) atoms. The number of nitrogens with one attached hydrogen (secondary N) is 1. The lowest BCUT2D eigenvalue weighted by molar-refractivity contribution is 0.0175. The lowest BCUT2D eigenvalue weighted by atomic mass is 9.65. The summed E-state index contributed by atoms with van der Waals surface area (Å²) in [5.41, 5.74) is 0.987. The van der Waals surface area contributed by atoms with Crippen molar-refractivity contribution < 1.29 is 9.13 Å². The molecule has 2 nitrogen and oxygen atoms in total. The van der Waals surface area contributed by atoms with Gasteiger partial charge in [0.15, 0.2) is 0 Å². The molecule has 2 unspecified atom stereocenters. The standard InChI is InChI=1S/C16H22FNO/c1-19-11-16(12-6-7-12)8-9-18-10-14(16)13-4-2-3-5-15(13)17/h2-5,12,14,18H,6-11H2,1H3. The number of benzene rings is 1. The minimum absolute atomic E-state index is 0.0719. The van der Waals surface area contributed by atoms with Gasteiger partial charge < -0.3 is 10.1 Å². The van der Waals surface area contributed by atoms with Crippen LogP contribution in [0.2, 0.25) is 0 Å². The predicted octanol–water partition coefficient (Wildman–Crippen LogP) is 2.95. The maximum Gasteiger partial charge on any atom is 0.126 e. The fourth-order valence-corrected chi connectivity index (χ4v) is 3.83. The summed E-state index contributed by atoms with van der Waals surface area (Å²) < 4.78 is 19.7. The van der Waals surface area contributed by atoms with Crippen LogP contribution in [0.3, 0.4) is 0 Å². The van der Waals surface area contributed by atoms with Gasteiger partial charge in [-0.05, 0) is 43.4 Å². The second-order valence-corrected chi connectivity index (χ2v) is 5.97. The number of ether oxygens (including phenoxy) is 1. The van der Waals surface area contributed by atoms with Crippen LogP contribution in [0.25, 0.3) is 0 Å². The van der Waals surface area contributed by atoms with Crippen molar-refractivity contribution in [1.29, 1.82) is 0 Å². The van der Waals surface area contributed by atoms with E-state index in [1.807, 2.05) is 12.1 Å². The highest BCUT2D eigenvalue weighted by atomic mass is 19.1. The average Bonchev–Trinajstić information content (AvgIpc) is 3.25. The van der Waals surface area contributed by atoms with Crippen LogP contribution in [0.4, 0.5) is 4.39 Å². The van der Waals surface area contributed by atoms with Crippen molar-refractivity contribution in [3.05, 3.63) is 35.6 Å². The zero-order valence-corrected chi connectivity index (χ0v) is 11.5. The molecule has 2 aliphatic rings. The molecule has 1 saturated carbocycles. The fraction of sp³-hybridized carbons (Fsp3) is 0.625. The number of piperidine rings is 1. The Labute approximate surface area is 114 Å². The lowest BCUT2D eigenvalue weighted by Crippen LogP contribution is -2.47.